The summed E-state index contributed by atoms with van der Waals surface area (Å²) < 4.78 is 1.88. The van der Waals surface area contributed by atoms with E-state index in [9.17, 15) is 4.79 Å². The van der Waals surface area contributed by atoms with Crippen molar-refractivity contribution in [3.05, 3.63) is 52.8 Å². The fourth-order valence-electron chi connectivity index (χ4n) is 1.81. The van der Waals surface area contributed by atoms with E-state index in [1.165, 1.54) is 0 Å². The average molecular weight is 204 g/mol. The van der Waals surface area contributed by atoms with Crippen LogP contribution in [0.4, 0.5) is 0 Å². The number of benzene rings is 1. The van der Waals surface area contributed by atoms with E-state index in [-0.39, 0.29) is 5.78 Å². The second-order valence-corrected chi connectivity index (χ2v) is 3.69. The predicted octanol–water partition coefficient (Wildman–Crippen LogP) is 2.68. The Morgan fingerprint density at radius 3 is 2.93 bits per heavy atom. The standard InChI is InChI=1S/C11H6ClNO/c12-7-3-4-9-8(6-7)11(14)10-2-1-5-13(9)10/h1-6H. The molecule has 0 aliphatic carbocycles. The average Bonchev–Trinajstić information content (AvgIpc) is 2.72. The summed E-state index contributed by atoms with van der Waals surface area (Å²) in [6.45, 7) is 0. The van der Waals surface area contributed by atoms with Crippen LogP contribution >= 0.6 is 11.6 Å². The molecular formula is C11H6ClNO. The van der Waals surface area contributed by atoms with Gasteiger partial charge in [0.15, 0.2) is 0 Å². The van der Waals surface area contributed by atoms with E-state index in [0.717, 1.165) is 5.69 Å². The molecular weight excluding hydrogens is 198 g/mol. The smallest absolute Gasteiger partial charge is 0.211 e. The van der Waals surface area contributed by atoms with Gasteiger partial charge >= 0.3 is 0 Å². The van der Waals surface area contributed by atoms with Crippen LogP contribution in [-0.4, -0.2) is 10.4 Å². The van der Waals surface area contributed by atoms with Gasteiger partial charge in [-0.2, -0.15) is 0 Å². The van der Waals surface area contributed by atoms with Crippen LogP contribution in [0.25, 0.3) is 5.69 Å². The Kier molecular flexibility index (Phi) is 1.39. The van der Waals surface area contributed by atoms with Crippen LogP contribution in [0.3, 0.4) is 0 Å². The van der Waals surface area contributed by atoms with Crippen molar-refractivity contribution >= 4 is 17.4 Å². The summed E-state index contributed by atoms with van der Waals surface area (Å²) in [5, 5.41) is 0.600. The maximum atomic E-state index is 11.8. The van der Waals surface area contributed by atoms with Crippen LogP contribution in [0.15, 0.2) is 36.5 Å². The van der Waals surface area contributed by atoms with Crippen molar-refractivity contribution in [2.75, 3.05) is 0 Å². The number of carbonyl (C=O) groups is 1. The molecule has 3 heteroatoms. The molecule has 2 aromatic rings. The first kappa shape index (κ1) is 7.83. The van der Waals surface area contributed by atoms with Gasteiger partial charge in [0, 0.05) is 16.8 Å². The zero-order valence-corrected chi connectivity index (χ0v) is 7.95. The van der Waals surface area contributed by atoms with E-state index in [0.29, 0.717) is 16.3 Å². The molecule has 1 aromatic carbocycles. The van der Waals surface area contributed by atoms with Crippen LogP contribution < -0.4 is 0 Å². The quantitative estimate of drug-likeness (QED) is 0.551. The second kappa shape index (κ2) is 2.49. The lowest BCUT2D eigenvalue weighted by atomic mass is 10.1. The Morgan fingerprint density at radius 2 is 2.07 bits per heavy atom. The molecule has 2 nitrogen and oxygen atoms in total. The molecule has 0 unspecified atom stereocenters. The minimum absolute atomic E-state index is 0.0486. The highest BCUT2D eigenvalue weighted by Gasteiger charge is 2.25. The summed E-state index contributed by atoms with van der Waals surface area (Å²) in [5.41, 5.74) is 2.31. The molecule has 0 bridgehead atoms. The van der Waals surface area contributed by atoms with E-state index >= 15 is 0 Å². The highest BCUT2D eigenvalue weighted by molar-refractivity contribution is 6.31. The third-order valence-corrected chi connectivity index (χ3v) is 2.68. The highest BCUT2D eigenvalue weighted by Crippen LogP contribution is 2.29. The van der Waals surface area contributed by atoms with Gasteiger partial charge in [-0.3, -0.25) is 4.79 Å². The van der Waals surface area contributed by atoms with Crippen molar-refractivity contribution in [1.82, 2.24) is 4.57 Å². The normalized spacial score (nSPS) is 12.8. The molecule has 0 N–H and O–H groups in total. The van der Waals surface area contributed by atoms with Crippen LogP contribution in [0.1, 0.15) is 16.1 Å². The van der Waals surface area contributed by atoms with Gasteiger partial charge in [-0.1, -0.05) is 11.6 Å². The predicted molar refractivity (Wildman–Crippen MR) is 54.2 cm³/mol. The summed E-state index contributed by atoms with van der Waals surface area (Å²) >= 11 is 5.84. The van der Waals surface area contributed by atoms with Crippen molar-refractivity contribution in [1.29, 1.82) is 0 Å². The number of rotatable bonds is 0. The summed E-state index contributed by atoms with van der Waals surface area (Å²) in [5.74, 6) is 0.0486. The zero-order chi connectivity index (χ0) is 9.71. The molecule has 3 rings (SSSR count). The molecule has 1 aliphatic heterocycles. The maximum Gasteiger partial charge on any atom is 0.211 e. The fraction of sp³-hybridized carbons (Fsp3) is 0. The summed E-state index contributed by atoms with van der Waals surface area (Å²) in [4.78, 5) is 11.8. The first-order valence-corrected chi connectivity index (χ1v) is 4.67. The van der Waals surface area contributed by atoms with Crippen molar-refractivity contribution in [3.63, 3.8) is 0 Å². The minimum Gasteiger partial charge on any atom is -0.313 e. The van der Waals surface area contributed by atoms with Gasteiger partial charge in [0.25, 0.3) is 0 Å². The van der Waals surface area contributed by atoms with Crippen LogP contribution in [0.5, 0.6) is 0 Å². The van der Waals surface area contributed by atoms with Crippen LogP contribution in [0.2, 0.25) is 5.02 Å². The first-order valence-electron chi connectivity index (χ1n) is 4.29. The monoisotopic (exact) mass is 203 g/mol. The lowest BCUT2D eigenvalue weighted by Crippen LogP contribution is -1.94. The third-order valence-electron chi connectivity index (χ3n) is 2.44. The zero-order valence-electron chi connectivity index (χ0n) is 7.20. The van der Waals surface area contributed by atoms with Gasteiger partial charge in [0.1, 0.15) is 0 Å². The number of hydrogen-bond acceptors (Lipinski definition) is 1. The number of carbonyl (C=O) groups excluding carboxylic acids is 1. The van der Waals surface area contributed by atoms with E-state index in [1.54, 1.807) is 12.1 Å². The van der Waals surface area contributed by atoms with E-state index in [2.05, 4.69) is 0 Å². The Morgan fingerprint density at radius 1 is 1.21 bits per heavy atom. The maximum absolute atomic E-state index is 11.8. The van der Waals surface area contributed by atoms with Gasteiger partial charge in [0.05, 0.1) is 11.4 Å². The number of halogens is 1. The number of hydrogen-bond donors (Lipinski definition) is 0. The molecule has 1 aliphatic rings. The second-order valence-electron chi connectivity index (χ2n) is 3.25. The molecule has 14 heavy (non-hydrogen) atoms. The third kappa shape index (κ3) is 0.836. The highest BCUT2D eigenvalue weighted by atomic mass is 35.5. The molecule has 0 radical (unpaired) electrons. The first-order chi connectivity index (χ1) is 6.77. The lowest BCUT2D eigenvalue weighted by Gasteiger charge is -1.99. The largest absolute Gasteiger partial charge is 0.313 e. The van der Waals surface area contributed by atoms with Gasteiger partial charge in [-0.05, 0) is 30.3 Å². The Labute approximate surface area is 85.7 Å². The van der Waals surface area contributed by atoms with Crippen LogP contribution in [-0.2, 0) is 0 Å². The van der Waals surface area contributed by atoms with Crippen molar-refractivity contribution in [2.45, 2.75) is 0 Å². The van der Waals surface area contributed by atoms with Gasteiger partial charge in [-0.25, -0.2) is 0 Å². The Hall–Kier alpha value is -1.54. The van der Waals surface area contributed by atoms with Crippen molar-refractivity contribution < 1.29 is 4.79 Å². The van der Waals surface area contributed by atoms with E-state index in [4.69, 9.17) is 11.6 Å². The van der Waals surface area contributed by atoms with Gasteiger partial charge < -0.3 is 4.57 Å². The van der Waals surface area contributed by atoms with Crippen molar-refractivity contribution in [3.8, 4) is 5.69 Å². The number of aromatic nitrogens is 1. The lowest BCUT2D eigenvalue weighted by molar-refractivity contribution is 0.104. The topological polar surface area (TPSA) is 22.0 Å². The molecule has 68 valence electrons. The number of nitrogens with zero attached hydrogens (tertiary/aromatic N) is 1. The molecule has 0 saturated carbocycles. The van der Waals surface area contributed by atoms with E-state index in [1.807, 2.05) is 29.0 Å². The minimum atomic E-state index is 0.0486. The number of fused-ring (bicyclic) bond motifs is 3. The molecule has 2 heterocycles. The molecule has 0 fully saturated rings. The number of ketones is 1. The van der Waals surface area contributed by atoms with Crippen molar-refractivity contribution in [2.24, 2.45) is 0 Å². The van der Waals surface area contributed by atoms with Gasteiger partial charge in [0.2, 0.25) is 5.78 Å². The van der Waals surface area contributed by atoms with Gasteiger partial charge in [-0.15, -0.1) is 0 Å². The fourth-order valence-corrected chi connectivity index (χ4v) is 1.99. The molecule has 1 aromatic heterocycles. The van der Waals surface area contributed by atoms with Crippen LogP contribution in [0, 0.1) is 0 Å². The Balaban J connectivity index is 2.38. The molecule has 0 atom stereocenters. The molecule has 0 amide bonds. The molecule has 0 spiro atoms. The summed E-state index contributed by atoms with van der Waals surface area (Å²) in [6.07, 6.45) is 1.88. The summed E-state index contributed by atoms with van der Waals surface area (Å²) in [7, 11) is 0. The van der Waals surface area contributed by atoms with E-state index < -0.39 is 0 Å². The SMILES string of the molecule is O=C1c2cc(Cl)ccc2-n2cccc21. The molecule has 0 saturated heterocycles. The Bertz CT molecular complexity index is 542. The summed E-state index contributed by atoms with van der Waals surface area (Å²) in [6, 6.07) is 9.06.